The first-order valence-corrected chi connectivity index (χ1v) is 6.19. The lowest BCUT2D eigenvalue weighted by atomic mass is 10.0. The van der Waals surface area contributed by atoms with E-state index in [0.717, 1.165) is 39.4 Å². The van der Waals surface area contributed by atoms with Gasteiger partial charge in [-0.1, -0.05) is 11.6 Å². The van der Waals surface area contributed by atoms with E-state index in [0.29, 0.717) is 0 Å². The predicted octanol–water partition coefficient (Wildman–Crippen LogP) is 1.65. The first-order valence-electron chi connectivity index (χ1n) is 6.19. The second kappa shape index (κ2) is 6.38. The van der Waals surface area contributed by atoms with Gasteiger partial charge in [0.1, 0.15) is 0 Å². The second-order valence-electron chi connectivity index (χ2n) is 5.32. The van der Waals surface area contributed by atoms with Gasteiger partial charge in [0.2, 0.25) is 0 Å². The SMILES string of the molecule is CC(C)=CCNCC(C)(C)N1CCOCC1. The van der Waals surface area contributed by atoms with Crippen LogP contribution in [0.15, 0.2) is 11.6 Å². The van der Waals surface area contributed by atoms with Crippen LogP contribution in [0.2, 0.25) is 0 Å². The zero-order valence-electron chi connectivity index (χ0n) is 11.2. The van der Waals surface area contributed by atoms with Crippen LogP contribution in [0.3, 0.4) is 0 Å². The molecule has 0 aromatic rings. The fourth-order valence-electron chi connectivity index (χ4n) is 1.93. The van der Waals surface area contributed by atoms with Crippen molar-refractivity contribution >= 4 is 0 Å². The minimum atomic E-state index is 0.221. The van der Waals surface area contributed by atoms with Crippen molar-refractivity contribution in [1.82, 2.24) is 10.2 Å². The van der Waals surface area contributed by atoms with Gasteiger partial charge in [-0.25, -0.2) is 0 Å². The Labute approximate surface area is 99.8 Å². The van der Waals surface area contributed by atoms with E-state index in [-0.39, 0.29) is 5.54 Å². The lowest BCUT2D eigenvalue weighted by Gasteiger charge is -2.41. The van der Waals surface area contributed by atoms with Gasteiger partial charge >= 0.3 is 0 Å². The Hall–Kier alpha value is -0.380. The van der Waals surface area contributed by atoms with Crippen molar-refractivity contribution in [2.24, 2.45) is 0 Å². The van der Waals surface area contributed by atoms with Gasteiger partial charge in [-0.05, 0) is 27.7 Å². The van der Waals surface area contributed by atoms with Crippen LogP contribution >= 0.6 is 0 Å². The third-order valence-electron chi connectivity index (χ3n) is 3.08. The van der Waals surface area contributed by atoms with Crippen LogP contribution in [0.5, 0.6) is 0 Å². The molecule has 0 aromatic heterocycles. The summed E-state index contributed by atoms with van der Waals surface area (Å²) in [6.07, 6.45) is 2.23. The number of hydrogen-bond donors (Lipinski definition) is 1. The van der Waals surface area contributed by atoms with Crippen LogP contribution in [0, 0.1) is 0 Å². The smallest absolute Gasteiger partial charge is 0.0594 e. The average molecular weight is 226 g/mol. The van der Waals surface area contributed by atoms with E-state index in [9.17, 15) is 0 Å². The minimum absolute atomic E-state index is 0.221. The number of hydrogen-bond acceptors (Lipinski definition) is 3. The summed E-state index contributed by atoms with van der Waals surface area (Å²) in [5, 5.41) is 3.50. The molecule has 3 nitrogen and oxygen atoms in total. The maximum absolute atomic E-state index is 5.38. The standard InChI is InChI=1S/C13H26N2O/c1-12(2)5-6-14-11-13(3,4)15-7-9-16-10-8-15/h5,14H,6-11H2,1-4H3. The number of rotatable bonds is 5. The summed E-state index contributed by atoms with van der Waals surface area (Å²) in [5.41, 5.74) is 1.59. The van der Waals surface area contributed by atoms with Crippen LogP contribution in [-0.4, -0.2) is 49.8 Å². The molecule has 0 saturated carbocycles. The summed E-state index contributed by atoms with van der Waals surface area (Å²) in [6.45, 7) is 14.7. The zero-order valence-corrected chi connectivity index (χ0v) is 11.2. The quantitative estimate of drug-likeness (QED) is 0.570. The van der Waals surface area contributed by atoms with Crippen molar-refractivity contribution in [3.63, 3.8) is 0 Å². The number of nitrogens with zero attached hydrogens (tertiary/aromatic N) is 1. The minimum Gasteiger partial charge on any atom is -0.379 e. The number of ether oxygens (including phenoxy) is 1. The maximum atomic E-state index is 5.38. The van der Waals surface area contributed by atoms with Gasteiger partial charge in [0.25, 0.3) is 0 Å². The summed E-state index contributed by atoms with van der Waals surface area (Å²) in [6, 6.07) is 0. The Balaban J connectivity index is 2.29. The molecule has 1 saturated heterocycles. The van der Waals surface area contributed by atoms with Gasteiger partial charge in [-0.15, -0.1) is 0 Å². The normalized spacial score (nSPS) is 18.5. The zero-order chi connectivity index (χ0) is 12.0. The Morgan fingerprint density at radius 2 is 1.94 bits per heavy atom. The van der Waals surface area contributed by atoms with E-state index in [1.807, 2.05) is 0 Å². The first kappa shape index (κ1) is 13.7. The van der Waals surface area contributed by atoms with Crippen molar-refractivity contribution in [1.29, 1.82) is 0 Å². The summed E-state index contributed by atoms with van der Waals surface area (Å²) >= 11 is 0. The van der Waals surface area contributed by atoms with Crippen LogP contribution < -0.4 is 5.32 Å². The molecule has 0 atom stereocenters. The van der Waals surface area contributed by atoms with Crippen LogP contribution in [0.25, 0.3) is 0 Å². The molecule has 1 aliphatic heterocycles. The maximum Gasteiger partial charge on any atom is 0.0594 e. The Morgan fingerprint density at radius 1 is 1.31 bits per heavy atom. The molecule has 1 heterocycles. The molecule has 1 N–H and O–H groups in total. The molecule has 0 aromatic carbocycles. The van der Waals surface area contributed by atoms with E-state index in [1.54, 1.807) is 0 Å². The fourth-order valence-corrected chi connectivity index (χ4v) is 1.93. The lowest BCUT2D eigenvalue weighted by Crippen LogP contribution is -2.54. The van der Waals surface area contributed by atoms with Crippen LogP contribution in [0.1, 0.15) is 27.7 Å². The monoisotopic (exact) mass is 226 g/mol. The highest BCUT2D eigenvalue weighted by Gasteiger charge is 2.27. The molecule has 94 valence electrons. The molecule has 0 aliphatic carbocycles. The van der Waals surface area contributed by atoms with E-state index < -0.39 is 0 Å². The van der Waals surface area contributed by atoms with Crippen molar-refractivity contribution in [2.45, 2.75) is 33.2 Å². The highest BCUT2D eigenvalue weighted by Crippen LogP contribution is 2.14. The molecule has 1 fully saturated rings. The van der Waals surface area contributed by atoms with Crippen molar-refractivity contribution in [2.75, 3.05) is 39.4 Å². The summed E-state index contributed by atoms with van der Waals surface area (Å²) in [7, 11) is 0. The van der Waals surface area contributed by atoms with Crippen LogP contribution in [-0.2, 0) is 4.74 Å². The predicted molar refractivity (Wildman–Crippen MR) is 68.8 cm³/mol. The van der Waals surface area contributed by atoms with E-state index in [1.165, 1.54) is 5.57 Å². The van der Waals surface area contributed by atoms with Crippen LogP contribution in [0.4, 0.5) is 0 Å². The number of morpholine rings is 1. The van der Waals surface area contributed by atoms with E-state index >= 15 is 0 Å². The first-order chi connectivity index (χ1) is 7.52. The Kier molecular flexibility index (Phi) is 5.46. The van der Waals surface area contributed by atoms with Gasteiger partial charge < -0.3 is 10.1 Å². The molecule has 0 spiro atoms. The topological polar surface area (TPSA) is 24.5 Å². The summed E-state index contributed by atoms with van der Waals surface area (Å²) in [5.74, 6) is 0. The van der Waals surface area contributed by atoms with Gasteiger partial charge in [-0.3, -0.25) is 4.90 Å². The van der Waals surface area contributed by atoms with Gasteiger partial charge in [0, 0.05) is 31.7 Å². The molecule has 3 heteroatoms. The number of nitrogens with one attached hydrogen (secondary N) is 1. The van der Waals surface area contributed by atoms with Crippen molar-refractivity contribution < 1.29 is 4.74 Å². The molecule has 1 aliphatic rings. The fraction of sp³-hybridized carbons (Fsp3) is 0.846. The molecule has 1 rings (SSSR count). The molecule has 0 bridgehead atoms. The Morgan fingerprint density at radius 3 is 2.50 bits per heavy atom. The van der Waals surface area contributed by atoms with Crippen molar-refractivity contribution in [3.8, 4) is 0 Å². The third kappa shape index (κ3) is 4.64. The van der Waals surface area contributed by atoms with Crippen molar-refractivity contribution in [3.05, 3.63) is 11.6 Å². The molecule has 16 heavy (non-hydrogen) atoms. The average Bonchev–Trinajstić information content (AvgIpc) is 2.26. The largest absolute Gasteiger partial charge is 0.379 e. The van der Waals surface area contributed by atoms with Gasteiger partial charge in [0.15, 0.2) is 0 Å². The molecular formula is C13H26N2O. The third-order valence-corrected chi connectivity index (χ3v) is 3.08. The van der Waals surface area contributed by atoms with E-state index in [2.05, 4.69) is 44.0 Å². The van der Waals surface area contributed by atoms with Gasteiger partial charge in [0.05, 0.1) is 13.2 Å². The van der Waals surface area contributed by atoms with Gasteiger partial charge in [-0.2, -0.15) is 0 Å². The summed E-state index contributed by atoms with van der Waals surface area (Å²) in [4.78, 5) is 2.51. The highest BCUT2D eigenvalue weighted by atomic mass is 16.5. The number of allylic oxidation sites excluding steroid dienone is 1. The highest BCUT2D eigenvalue weighted by molar-refractivity contribution is 4.95. The second-order valence-corrected chi connectivity index (χ2v) is 5.32. The molecule has 0 unspecified atom stereocenters. The van der Waals surface area contributed by atoms with E-state index in [4.69, 9.17) is 4.74 Å². The summed E-state index contributed by atoms with van der Waals surface area (Å²) < 4.78 is 5.38. The molecular weight excluding hydrogens is 200 g/mol. The lowest BCUT2D eigenvalue weighted by molar-refractivity contribution is -0.00930. The Bertz CT molecular complexity index is 226. The molecule has 0 amide bonds. The molecule has 0 radical (unpaired) electrons.